The second kappa shape index (κ2) is 6.52. The predicted molar refractivity (Wildman–Crippen MR) is 70.5 cm³/mol. The van der Waals surface area contributed by atoms with Crippen LogP contribution < -0.4 is 10.1 Å². The largest absolute Gasteiger partial charge is 0.495 e. The molecule has 94 valence electrons. The zero-order valence-electron chi connectivity index (χ0n) is 9.66. The Kier molecular flexibility index (Phi) is 5.03. The highest BCUT2D eigenvalue weighted by molar-refractivity contribution is 6.37. The third kappa shape index (κ3) is 3.30. The first kappa shape index (κ1) is 14.7. The Hall–Kier alpha value is -2.39. The van der Waals surface area contributed by atoms with Gasteiger partial charge in [0.15, 0.2) is 5.57 Å². The number of ether oxygens (including phenoxy) is 1. The van der Waals surface area contributed by atoms with E-state index in [9.17, 15) is 0 Å². The zero-order valence-corrected chi connectivity index (χ0v) is 11.2. The Morgan fingerprint density at radius 1 is 1.11 bits per heavy atom. The fraction of sp³-hybridized carbons (Fsp3) is 0.0833. The maximum atomic E-state index is 8.92. The van der Waals surface area contributed by atoms with Crippen molar-refractivity contribution in [2.45, 2.75) is 0 Å². The smallest absolute Gasteiger partial charge is 0.163 e. The van der Waals surface area contributed by atoms with Gasteiger partial charge in [-0.3, -0.25) is 0 Å². The number of methoxy groups -OCH3 is 1. The van der Waals surface area contributed by atoms with Crippen LogP contribution >= 0.6 is 23.2 Å². The monoisotopic (exact) mass is 292 g/mol. The summed E-state index contributed by atoms with van der Waals surface area (Å²) in [6.45, 7) is 0. The summed E-state index contributed by atoms with van der Waals surface area (Å²) in [4.78, 5) is 0. The van der Waals surface area contributed by atoms with Gasteiger partial charge in [-0.25, -0.2) is 0 Å². The van der Waals surface area contributed by atoms with Crippen LogP contribution in [0, 0.1) is 34.0 Å². The fourth-order valence-corrected chi connectivity index (χ4v) is 1.71. The molecule has 0 aliphatic heterocycles. The van der Waals surface area contributed by atoms with Crippen LogP contribution in [0.1, 0.15) is 0 Å². The Morgan fingerprint density at radius 3 is 2.21 bits per heavy atom. The zero-order chi connectivity index (χ0) is 14.4. The van der Waals surface area contributed by atoms with E-state index in [1.54, 1.807) is 18.2 Å². The molecule has 7 heteroatoms. The number of nitrogens with zero attached hydrogens (tertiary/aromatic N) is 3. The van der Waals surface area contributed by atoms with Gasteiger partial charge in [0.25, 0.3) is 0 Å². The molecule has 19 heavy (non-hydrogen) atoms. The summed E-state index contributed by atoms with van der Waals surface area (Å²) < 4.78 is 5.01. The molecular weight excluding hydrogens is 287 g/mol. The van der Waals surface area contributed by atoms with Gasteiger partial charge < -0.3 is 10.1 Å². The highest BCUT2D eigenvalue weighted by Crippen LogP contribution is 2.34. The lowest BCUT2D eigenvalue weighted by Crippen LogP contribution is -2.01. The number of nitrogens with one attached hydrogen (secondary N) is 1. The number of anilines is 1. The molecule has 0 fully saturated rings. The Balaban J connectivity index is 3.28. The number of rotatable bonds is 3. The van der Waals surface area contributed by atoms with Crippen LogP contribution in [0.25, 0.3) is 0 Å². The molecule has 0 saturated carbocycles. The molecule has 0 heterocycles. The van der Waals surface area contributed by atoms with Crippen LogP contribution in [0.5, 0.6) is 5.75 Å². The molecule has 0 atom stereocenters. The summed E-state index contributed by atoms with van der Waals surface area (Å²) in [5.74, 6) is 0.348. The number of hydrogen-bond acceptors (Lipinski definition) is 5. The Bertz CT molecular complexity index is 646. The van der Waals surface area contributed by atoms with Crippen LogP contribution in [0.15, 0.2) is 23.4 Å². The number of nitriles is 3. The molecule has 1 rings (SSSR count). The third-order valence-corrected chi connectivity index (χ3v) is 2.69. The fourth-order valence-electron chi connectivity index (χ4n) is 1.20. The van der Waals surface area contributed by atoms with Crippen LogP contribution in [-0.2, 0) is 0 Å². The first-order valence-electron chi connectivity index (χ1n) is 4.82. The predicted octanol–water partition coefficient (Wildman–Crippen LogP) is 3.24. The minimum atomic E-state index is -0.340. The van der Waals surface area contributed by atoms with E-state index in [1.807, 2.05) is 0 Å². The average Bonchev–Trinajstić information content (AvgIpc) is 2.41. The summed E-state index contributed by atoms with van der Waals surface area (Å²) in [5.41, 5.74) is -0.230. The van der Waals surface area contributed by atoms with Crippen molar-refractivity contribution in [3.05, 3.63) is 33.4 Å². The van der Waals surface area contributed by atoms with Crippen molar-refractivity contribution >= 4 is 28.9 Å². The van der Waals surface area contributed by atoms with Crippen LogP contribution in [0.2, 0.25) is 10.0 Å². The number of allylic oxidation sites excluding steroid dienone is 2. The first-order valence-corrected chi connectivity index (χ1v) is 5.57. The lowest BCUT2D eigenvalue weighted by molar-refractivity contribution is 0.415. The van der Waals surface area contributed by atoms with Gasteiger partial charge >= 0.3 is 0 Å². The highest BCUT2D eigenvalue weighted by atomic mass is 35.5. The summed E-state index contributed by atoms with van der Waals surface area (Å²) in [7, 11) is 1.43. The Morgan fingerprint density at radius 2 is 1.74 bits per heavy atom. The van der Waals surface area contributed by atoms with Gasteiger partial charge in [0, 0.05) is 6.07 Å². The van der Waals surface area contributed by atoms with Gasteiger partial charge in [0.2, 0.25) is 0 Å². The molecule has 0 radical (unpaired) electrons. The Labute approximate surface area is 119 Å². The van der Waals surface area contributed by atoms with Crippen molar-refractivity contribution in [3.63, 3.8) is 0 Å². The van der Waals surface area contributed by atoms with Crippen molar-refractivity contribution in [3.8, 4) is 24.0 Å². The lowest BCUT2D eigenvalue weighted by Gasteiger charge is -2.10. The van der Waals surface area contributed by atoms with Crippen molar-refractivity contribution in [2.75, 3.05) is 12.4 Å². The van der Waals surface area contributed by atoms with E-state index in [0.29, 0.717) is 16.5 Å². The van der Waals surface area contributed by atoms with Gasteiger partial charge in [-0.15, -0.1) is 0 Å². The molecule has 0 saturated heterocycles. The molecule has 0 aliphatic rings. The first-order chi connectivity index (χ1) is 9.07. The molecule has 0 amide bonds. The summed E-state index contributed by atoms with van der Waals surface area (Å²) >= 11 is 11.8. The van der Waals surface area contributed by atoms with E-state index in [4.69, 9.17) is 43.7 Å². The van der Waals surface area contributed by atoms with Crippen molar-refractivity contribution in [1.82, 2.24) is 0 Å². The molecule has 5 nitrogen and oxygen atoms in total. The summed E-state index contributed by atoms with van der Waals surface area (Å²) in [6, 6.07) is 7.85. The molecule has 1 aromatic carbocycles. The lowest BCUT2D eigenvalue weighted by atomic mass is 10.2. The molecular formula is C12H6Cl2N4O. The normalized spacial score (nSPS) is 8.63. The van der Waals surface area contributed by atoms with Crippen molar-refractivity contribution < 1.29 is 4.74 Å². The van der Waals surface area contributed by atoms with E-state index in [1.165, 1.54) is 19.2 Å². The van der Waals surface area contributed by atoms with Gasteiger partial charge in [-0.05, 0) is 6.07 Å². The van der Waals surface area contributed by atoms with Crippen molar-refractivity contribution in [1.29, 1.82) is 15.8 Å². The third-order valence-electron chi connectivity index (χ3n) is 2.09. The molecule has 0 aromatic heterocycles. The molecule has 0 spiro atoms. The minimum Gasteiger partial charge on any atom is -0.495 e. The van der Waals surface area contributed by atoms with Crippen molar-refractivity contribution in [2.24, 2.45) is 0 Å². The molecule has 0 unspecified atom stereocenters. The second-order valence-electron chi connectivity index (χ2n) is 3.18. The summed E-state index contributed by atoms with van der Waals surface area (Å²) in [5, 5.41) is 29.5. The van der Waals surface area contributed by atoms with E-state index in [0.717, 1.165) is 0 Å². The van der Waals surface area contributed by atoms with E-state index >= 15 is 0 Å². The molecule has 0 aliphatic carbocycles. The number of hydrogen-bond donors (Lipinski definition) is 1. The van der Waals surface area contributed by atoms with Crippen LogP contribution in [-0.4, -0.2) is 7.11 Å². The molecule has 1 aromatic rings. The van der Waals surface area contributed by atoms with Crippen LogP contribution in [0.3, 0.4) is 0 Å². The SMILES string of the molecule is COc1cc(NC(C#N)=C(C#N)C#N)c(Cl)cc1Cl. The van der Waals surface area contributed by atoms with Gasteiger partial charge in [-0.2, -0.15) is 15.8 Å². The maximum absolute atomic E-state index is 8.92. The van der Waals surface area contributed by atoms with E-state index < -0.39 is 0 Å². The molecule has 1 N–H and O–H groups in total. The maximum Gasteiger partial charge on any atom is 0.163 e. The van der Waals surface area contributed by atoms with Crippen LogP contribution in [0.4, 0.5) is 5.69 Å². The molecule has 0 bridgehead atoms. The van der Waals surface area contributed by atoms with E-state index in [2.05, 4.69) is 5.32 Å². The number of benzene rings is 1. The van der Waals surface area contributed by atoms with Gasteiger partial charge in [0.05, 0.1) is 22.8 Å². The van der Waals surface area contributed by atoms with Gasteiger partial charge in [0.1, 0.15) is 29.7 Å². The highest BCUT2D eigenvalue weighted by Gasteiger charge is 2.11. The minimum absolute atomic E-state index is 0.198. The van der Waals surface area contributed by atoms with E-state index in [-0.39, 0.29) is 16.3 Å². The quantitative estimate of drug-likeness (QED) is 0.863. The van der Waals surface area contributed by atoms with Gasteiger partial charge in [-0.1, -0.05) is 23.2 Å². The average molecular weight is 293 g/mol. The topological polar surface area (TPSA) is 92.6 Å². The summed E-state index contributed by atoms with van der Waals surface area (Å²) in [6.07, 6.45) is 0. The number of halogens is 2. The second-order valence-corrected chi connectivity index (χ2v) is 3.99. The standard InChI is InChI=1S/C12H6Cl2N4O/c1-19-12-3-10(8(13)2-9(12)14)18-11(6-17)7(4-15)5-16/h2-3,18H,1H3.